The zero-order valence-corrected chi connectivity index (χ0v) is 16.5. The van der Waals surface area contributed by atoms with Crippen molar-refractivity contribution in [3.05, 3.63) is 71.7 Å². The van der Waals surface area contributed by atoms with Crippen LogP contribution in [0.25, 0.3) is 5.69 Å². The Morgan fingerprint density at radius 2 is 2.00 bits per heavy atom. The number of hydrogen-bond acceptors (Lipinski definition) is 4. The van der Waals surface area contributed by atoms with E-state index in [0.29, 0.717) is 23.5 Å². The number of amides is 1. The van der Waals surface area contributed by atoms with Crippen LogP contribution >= 0.6 is 0 Å². The molecule has 1 amide bonds. The van der Waals surface area contributed by atoms with Crippen LogP contribution in [0.5, 0.6) is 0 Å². The Morgan fingerprint density at radius 1 is 1.21 bits per heavy atom. The van der Waals surface area contributed by atoms with Gasteiger partial charge in [0.1, 0.15) is 17.3 Å². The van der Waals surface area contributed by atoms with Crippen LogP contribution in [-0.2, 0) is 0 Å². The number of carbonyl (C=O) groups excluding carboxylic acids is 1. The first-order valence-electron chi connectivity index (χ1n) is 10.0. The maximum atomic E-state index is 14.1. The Labute approximate surface area is 169 Å². The molecule has 1 atom stereocenters. The first-order valence-corrected chi connectivity index (χ1v) is 10.0. The molecule has 3 aromatic rings. The van der Waals surface area contributed by atoms with Gasteiger partial charge in [-0.15, -0.1) is 0 Å². The van der Waals surface area contributed by atoms with Crippen molar-refractivity contribution >= 4 is 5.91 Å². The molecule has 2 aromatic heterocycles. The summed E-state index contributed by atoms with van der Waals surface area (Å²) in [6.45, 7) is 4.19. The van der Waals surface area contributed by atoms with Gasteiger partial charge >= 0.3 is 0 Å². The van der Waals surface area contributed by atoms with Crippen LogP contribution in [0.15, 0.2) is 53.3 Å². The van der Waals surface area contributed by atoms with E-state index in [-0.39, 0.29) is 17.8 Å². The summed E-state index contributed by atoms with van der Waals surface area (Å²) in [7, 11) is 0. The average molecular weight is 396 g/mol. The van der Waals surface area contributed by atoms with Gasteiger partial charge in [0, 0.05) is 6.54 Å². The summed E-state index contributed by atoms with van der Waals surface area (Å²) in [5.41, 5.74) is 1.36. The van der Waals surface area contributed by atoms with Crippen LogP contribution in [0, 0.1) is 12.7 Å². The Hall–Kier alpha value is -2.93. The van der Waals surface area contributed by atoms with E-state index in [1.54, 1.807) is 31.4 Å². The summed E-state index contributed by atoms with van der Waals surface area (Å²) in [4.78, 5) is 15.2. The van der Waals surface area contributed by atoms with Gasteiger partial charge in [0.25, 0.3) is 5.91 Å². The average Bonchev–Trinajstić information content (AvgIpc) is 3.40. The lowest BCUT2D eigenvalue weighted by Gasteiger charge is -2.33. The molecule has 6 nitrogen and oxygen atoms in total. The molecule has 1 saturated heterocycles. The van der Waals surface area contributed by atoms with Gasteiger partial charge in [-0.25, -0.2) is 9.07 Å². The topological polar surface area (TPSA) is 63.3 Å². The van der Waals surface area contributed by atoms with E-state index < -0.39 is 0 Å². The standard InChI is InChI=1S/C22H25FN4O2/c1-16-17(14-25-27(16)19-9-4-3-8-18(19)23)22(28)24-15-20(21-10-7-13-29-21)26-11-5-2-6-12-26/h3-4,7-10,13-14,20H,2,5-6,11-12,15H2,1H3,(H,24,28). The van der Waals surface area contributed by atoms with E-state index in [1.807, 2.05) is 12.1 Å². The normalized spacial score (nSPS) is 15.9. The van der Waals surface area contributed by atoms with Crippen molar-refractivity contribution in [1.29, 1.82) is 0 Å². The predicted molar refractivity (Wildman–Crippen MR) is 107 cm³/mol. The molecule has 1 fully saturated rings. The van der Waals surface area contributed by atoms with E-state index >= 15 is 0 Å². The highest BCUT2D eigenvalue weighted by atomic mass is 19.1. The van der Waals surface area contributed by atoms with Gasteiger partial charge in [0.15, 0.2) is 0 Å². The second-order valence-corrected chi connectivity index (χ2v) is 7.34. The minimum Gasteiger partial charge on any atom is -0.468 e. The molecule has 7 heteroatoms. The zero-order valence-electron chi connectivity index (χ0n) is 16.5. The van der Waals surface area contributed by atoms with Crippen LogP contribution in [-0.4, -0.2) is 40.2 Å². The van der Waals surface area contributed by atoms with Crippen LogP contribution < -0.4 is 5.32 Å². The number of halogens is 1. The minimum atomic E-state index is -0.381. The van der Waals surface area contributed by atoms with Gasteiger partial charge in [-0.2, -0.15) is 5.10 Å². The molecule has 0 aliphatic carbocycles. The third kappa shape index (κ3) is 4.10. The Kier molecular flexibility index (Phi) is 5.76. The molecule has 0 spiro atoms. The number of benzene rings is 1. The largest absolute Gasteiger partial charge is 0.468 e. The number of piperidine rings is 1. The number of hydrogen-bond donors (Lipinski definition) is 1. The van der Waals surface area contributed by atoms with Gasteiger partial charge in [0.2, 0.25) is 0 Å². The summed E-state index contributed by atoms with van der Waals surface area (Å²) in [5, 5.41) is 7.24. The van der Waals surface area contributed by atoms with Crippen molar-refractivity contribution in [3.8, 4) is 5.69 Å². The highest BCUT2D eigenvalue weighted by molar-refractivity contribution is 5.95. The van der Waals surface area contributed by atoms with Crippen molar-refractivity contribution in [1.82, 2.24) is 20.0 Å². The summed E-state index contributed by atoms with van der Waals surface area (Å²) < 4.78 is 21.2. The SMILES string of the molecule is Cc1c(C(=O)NCC(c2ccco2)N2CCCCC2)cnn1-c1ccccc1F. The predicted octanol–water partition coefficient (Wildman–Crippen LogP) is 3.87. The lowest BCUT2D eigenvalue weighted by atomic mass is 10.1. The van der Waals surface area contributed by atoms with Gasteiger partial charge in [-0.3, -0.25) is 9.69 Å². The third-order valence-electron chi connectivity index (χ3n) is 5.49. The van der Waals surface area contributed by atoms with Crippen LogP contribution in [0.4, 0.5) is 4.39 Å². The highest BCUT2D eigenvalue weighted by Crippen LogP contribution is 2.25. The molecule has 0 bridgehead atoms. The zero-order chi connectivity index (χ0) is 20.2. The minimum absolute atomic E-state index is 0.00355. The second-order valence-electron chi connectivity index (χ2n) is 7.34. The van der Waals surface area contributed by atoms with Crippen molar-refractivity contribution in [2.75, 3.05) is 19.6 Å². The van der Waals surface area contributed by atoms with E-state index in [1.165, 1.54) is 23.4 Å². The molecular formula is C22H25FN4O2. The van der Waals surface area contributed by atoms with E-state index in [4.69, 9.17) is 4.42 Å². The summed E-state index contributed by atoms with van der Waals surface area (Å²) >= 11 is 0. The number of aromatic nitrogens is 2. The highest BCUT2D eigenvalue weighted by Gasteiger charge is 2.26. The molecule has 1 N–H and O–H groups in total. The molecule has 152 valence electrons. The summed E-state index contributed by atoms with van der Waals surface area (Å²) in [6, 6.07) is 10.2. The van der Waals surface area contributed by atoms with Gasteiger partial charge in [0.05, 0.1) is 29.8 Å². The number of furan rings is 1. The number of rotatable bonds is 6. The van der Waals surface area contributed by atoms with E-state index in [0.717, 1.165) is 31.7 Å². The van der Waals surface area contributed by atoms with Gasteiger partial charge < -0.3 is 9.73 Å². The number of para-hydroxylation sites is 1. The van der Waals surface area contributed by atoms with Crippen LogP contribution in [0.1, 0.15) is 47.1 Å². The number of carbonyl (C=O) groups is 1. The Morgan fingerprint density at radius 3 is 2.72 bits per heavy atom. The van der Waals surface area contributed by atoms with Gasteiger partial charge in [-0.05, 0) is 57.1 Å². The maximum absolute atomic E-state index is 14.1. The van der Waals surface area contributed by atoms with Gasteiger partial charge in [-0.1, -0.05) is 18.6 Å². The Bertz CT molecular complexity index is 961. The lowest BCUT2D eigenvalue weighted by Crippen LogP contribution is -2.40. The smallest absolute Gasteiger partial charge is 0.254 e. The summed E-state index contributed by atoms with van der Waals surface area (Å²) in [6.07, 6.45) is 6.69. The molecule has 1 aliphatic heterocycles. The molecule has 0 radical (unpaired) electrons. The fraction of sp³-hybridized carbons (Fsp3) is 0.364. The fourth-order valence-corrected chi connectivity index (χ4v) is 3.90. The summed E-state index contributed by atoms with van der Waals surface area (Å²) in [5.74, 6) is 0.248. The molecule has 1 aromatic carbocycles. The van der Waals surface area contributed by atoms with Crippen LogP contribution in [0.2, 0.25) is 0 Å². The van der Waals surface area contributed by atoms with Crippen molar-refractivity contribution < 1.29 is 13.6 Å². The lowest BCUT2D eigenvalue weighted by molar-refractivity contribution is 0.0913. The monoisotopic (exact) mass is 396 g/mol. The molecule has 4 rings (SSSR count). The molecule has 0 saturated carbocycles. The first kappa shape index (κ1) is 19.4. The molecule has 1 unspecified atom stereocenters. The number of nitrogens with zero attached hydrogens (tertiary/aromatic N) is 3. The number of likely N-dealkylation sites (tertiary alicyclic amines) is 1. The molecule has 1 aliphatic rings. The van der Waals surface area contributed by atoms with E-state index in [2.05, 4.69) is 15.3 Å². The molecule has 3 heterocycles. The third-order valence-corrected chi connectivity index (χ3v) is 5.49. The van der Waals surface area contributed by atoms with Crippen molar-refractivity contribution in [3.63, 3.8) is 0 Å². The Balaban J connectivity index is 1.49. The fourth-order valence-electron chi connectivity index (χ4n) is 3.90. The quantitative estimate of drug-likeness (QED) is 0.687. The molecule has 29 heavy (non-hydrogen) atoms. The van der Waals surface area contributed by atoms with E-state index in [9.17, 15) is 9.18 Å². The van der Waals surface area contributed by atoms with Crippen molar-refractivity contribution in [2.24, 2.45) is 0 Å². The first-order chi connectivity index (χ1) is 14.1. The maximum Gasteiger partial charge on any atom is 0.254 e. The number of nitrogens with one attached hydrogen (secondary N) is 1. The second kappa shape index (κ2) is 8.61. The van der Waals surface area contributed by atoms with Crippen molar-refractivity contribution in [2.45, 2.75) is 32.2 Å². The molecular weight excluding hydrogens is 371 g/mol. The van der Waals surface area contributed by atoms with Crippen LogP contribution in [0.3, 0.4) is 0 Å².